The fourth-order valence-electron chi connectivity index (χ4n) is 4.50. The van der Waals surface area contributed by atoms with Crippen LogP contribution in [0.25, 0.3) is 21.8 Å². The molecule has 1 aliphatic heterocycles. The molecule has 37 heavy (non-hydrogen) atoms. The zero-order chi connectivity index (χ0) is 26.7. The normalized spacial score (nSPS) is 17.4. The molecule has 9 heteroatoms. The highest BCUT2D eigenvalue weighted by molar-refractivity contribution is 7.13. The summed E-state index contributed by atoms with van der Waals surface area (Å²) in [6.45, 7) is 7.48. The van der Waals surface area contributed by atoms with Crippen LogP contribution in [0.5, 0.6) is 0 Å². The summed E-state index contributed by atoms with van der Waals surface area (Å²) in [6.07, 6.45) is 0. The number of aliphatic imine (C=N–C) groups is 1. The lowest BCUT2D eigenvalue weighted by atomic mass is 9.75. The number of halogens is 2. The molecule has 1 aromatic heterocycles. The lowest BCUT2D eigenvalue weighted by molar-refractivity contribution is -0.146. The first-order valence-corrected chi connectivity index (χ1v) is 13.5. The highest BCUT2D eigenvalue weighted by Gasteiger charge is 2.42. The van der Waals surface area contributed by atoms with Gasteiger partial charge in [-0.15, -0.1) is 11.3 Å². The van der Waals surface area contributed by atoms with E-state index in [0.29, 0.717) is 27.0 Å². The highest BCUT2D eigenvalue weighted by atomic mass is 35.5. The van der Waals surface area contributed by atoms with Crippen LogP contribution in [0, 0.1) is 5.92 Å². The Morgan fingerprint density at radius 2 is 1.78 bits per heavy atom. The van der Waals surface area contributed by atoms with Crippen molar-refractivity contribution in [1.82, 2.24) is 4.98 Å². The molecule has 2 heterocycles. The molecule has 0 aliphatic carbocycles. The first-order chi connectivity index (χ1) is 17.7. The molecular formula is C28H26Cl2N2O4S. The van der Waals surface area contributed by atoms with Crippen LogP contribution < -0.4 is 0 Å². The molecule has 2 unspecified atom stereocenters. The zero-order valence-electron chi connectivity index (χ0n) is 20.9. The second kappa shape index (κ2) is 11.6. The van der Waals surface area contributed by atoms with E-state index >= 15 is 0 Å². The number of carbonyl (C=O) groups is 2. The summed E-state index contributed by atoms with van der Waals surface area (Å²) in [7, 11) is 0. The molecule has 0 saturated carbocycles. The van der Waals surface area contributed by atoms with Gasteiger partial charge in [0.2, 0.25) is 0 Å². The minimum Gasteiger partial charge on any atom is -0.465 e. The zero-order valence-corrected chi connectivity index (χ0v) is 23.2. The quantitative estimate of drug-likeness (QED) is 0.284. The number of carbonyl (C=O) groups excluding carboxylic acids is 2. The number of ether oxygens (including phenoxy) is 2. The molecule has 0 spiro atoms. The van der Waals surface area contributed by atoms with Crippen LogP contribution in [0.1, 0.15) is 39.2 Å². The first-order valence-electron chi connectivity index (χ1n) is 11.9. The summed E-state index contributed by atoms with van der Waals surface area (Å²) in [5.41, 5.74) is 4.62. The molecule has 6 nitrogen and oxygen atoms in total. The average Bonchev–Trinajstić information content (AvgIpc) is 3.34. The predicted octanol–water partition coefficient (Wildman–Crippen LogP) is 7.36. The van der Waals surface area contributed by atoms with Gasteiger partial charge >= 0.3 is 11.9 Å². The number of thiazole rings is 1. The van der Waals surface area contributed by atoms with E-state index in [9.17, 15) is 9.59 Å². The average molecular weight is 557 g/mol. The van der Waals surface area contributed by atoms with E-state index in [0.717, 1.165) is 27.4 Å². The molecule has 0 amide bonds. The van der Waals surface area contributed by atoms with Gasteiger partial charge in [0.15, 0.2) is 0 Å². The van der Waals surface area contributed by atoms with E-state index < -0.39 is 23.8 Å². The van der Waals surface area contributed by atoms with Crippen molar-refractivity contribution in [2.75, 3.05) is 13.2 Å². The Kier molecular flexibility index (Phi) is 8.47. The summed E-state index contributed by atoms with van der Waals surface area (Å²) in [5, 5.41) is 3.78. The summed E-state index contributed by atoms with van der Waals surface area (Å²) in [4.78, 5) is 35.5. The van der Waals surface area contributed by atoms with Crippen molar-refractivity contribution in [2.24, 2.45) is 10.9 Å². The predicted molar refractivity (Wildman–Crippen MR) is 148 cm³/mol. The van der Waals surface area contributed by atoms with Crippen molar-refractivity contribution >= 4 is 52.2 Å². The standard InChI is InChI=1S/C28H26Cl2N2O4S/c1-5-35-27(33)23-15(3)31-16(4)24(28(34)36-6-2)25(23)17-8-7-9-18(12-17)26-32-22(14-37-26)20-11-10-19(29)13-21(20)30/h7-14,23,25H,5-6H2,1-4H3. The van der Waals surface area contributed by atoms with Gasteiger partial charge in [0.1, 0.15) is 10.9 Å². The van der Waals surface area contributed by atoms with Gasteiger partial charge in [-0.2, -0.15) is 0 Å². The maximum absolute atomic E-state index is 13.1. The molecular weight excluding hydrogens is 531 g/mol. The number of rotatable bonds is 7. The number of esters is 2. The molecule has 0 bridgehead atoms. The first kappa shape index (κ1) is 27.0. The van der Waals surface area contributed by atoms with Crippen LogP contribution in [0.2, 0.25) is 10.0 Å². The summed E-state index contributed by atoms with van der Waals surface area (Å²) in [6, 6.07) is 13.0. The third kappa shape index (κ3) is 5.64. The maximum atomic E-state index is 13.1. The summed E-state index contributed by atoms with van der Waals surface area (Å²) < 4.78 is 10.8. The van der Waals surface area contributed by atoms with Crippen molar-refractivity contribution in [3.05, 3.63) is 74.7 Å². The Balaban J connectivity index is 1.79. The third-order valence-corrected chi connectivity index (χ3v) is 7.51. The Labute approximate surface area is 230 Å². The van der Waals surface area contributed by atoms with Crippen LogP contribution in [0.4, 0.5) is 0 Å². The molecule has 3 aromatic rings. The van der Waals surface area contributed by atoms with Crippen molar-refractivity contribution < 1.29 is 19.1 Å². The number of nitrogens with zero attached hydrogens (tertiary/aromatic N) is 2. The van der Waals surface area contributed by atoms with Crippen LogP contribution in [-0.2, 0) is 19.1 Å². The van der Waals surface area contributed by atoms with Gasteiger partial charge in [-0.05, 0) is 57.5 Å². The summed E-state index contributed by atoms with van der Waals surface area (Å²) in [5.74, 6) is -2.28. The topological polar surface area (TPSA) is 77.8 Å². The second-order valence-corrected chi connectivity index (χ2v) is 10.2. The Morgan fingerprint density at radius 1 is 1.03 bits per heavy atom. The Morgan fingerprint density at radius 3 is 2.49 bits per heavy atom. The van der Waals surface area contributed by atoms with E-state index in [4.69, 9.17) is 37.7 Å². The monoisotopic (exact) mass is 556 g/mol. The van der Waals surface area contributed by atoms with E-state index in [2.05, 4.69) is 4.99 Å². The van der Waals surface area contributed by atoms with Crippen LogP contribution in [0.3, 0.4) is 0 Å². The van der Waals surface area contributed by atoms with Crippen molar-refractivity contribution in [3.8, 4) is 21.8 Å². The van der Waals surface area contributed by atoms with Crippen molar-refractivity contribution in [3.63, 3.8) is 0 Å². The minimum absolute atomic E-state index is 0.213. The van der Waals surface area contributed by atoms with Crippen molar-refractivity contribution in [2.45, 2.75) is 33.6 Å². The fourth-order valence-corrected chi connectivity index (χ4v) is 5.82. The minimum atomic E-state index is -0.752. The van der Waals surface area contributed by atoms with E-state index in [1.54, 1.807) is 39.8 Å². The fraction of sp³-hybridized carbons (Fsp3) is 0.286. The van der Waals surface area contributed by atoms with Crippen LogP contribution in [0.15, 0.2) is 64.1 Å². The lowest BCUT2D eigenvalue weighted by Crippen LogP contribution is -2.36. The van der Waals surface area contributed by atoms with Gasteiger partial charge in [0, 0.05) is 38.9 Å². The molecule has 4 rings (SSSR count). The molecule has 0 radical (unpaired) electrons. The van der Waals surface area contributed by atoms with Gasteiger partial charge in [-0.1, -0.05) is 41.4 Å². The van der Waals surface area contributed by atoms with E-state index in [1.165, 1.54) is 11.3 Å². The maximum Gasteiger partial charge on any atom is 0.336 e. The molecule has 2 aromatic carbocycles. The van der Waals surface area contributed by atoms with Gasteiger partial charge in [-0.25, -0.2) is 9.78 Å². The van der Waals surface area contributed by atoms with Gasteiger partial charge < -0.3 is 9.47 Å². The second-order valence-electron chi connectivity index (χ2n) is 8.47. The smallest absolute Gasteiger partial charge is 0.336 e. The molecule has 1 aliphatic rings. The highest BCUT2D eigenvalue weighted by Crippen LogP contribution is 2.42. The number of hydrogen-bond donors (Lipinski definition) is 0. The number of aromatic nitrogens is 1. The number of benzene rings is 2. The molecule has 0 fully saturated rings. The Bertz CT molecular complexity index is 1410. The van der Waals surface area contributed by atoms with Crippen molar-refractivity contribution in [1.29, 1.82) is 0 Å². The molecule has 2 atom stereocenters. The van der Waals surface area contributed by atoms with E-state index in [1.807, 2.05) is 35.7 Å². The van der Waals surface area contributed by atoms with Crippen LogP contribution >= 0.6 is 34.5 Å². The van der Waals surface area contributed by atoms with Crippen LogP contribution in [-0.4, -0.2) is 35.8 Å². The SMILES string of the molecule is CCOC(=O)C1=C(C)N=C(C)C(C(=O)OCC)C1c1cccc(-c2nc(-c3ccc(Cl)cc3Cl)cs2)c1. The molecule has 0 saturated heterocycles. The van der Waals surface area contributed by atoms with Gasteiger partial charge in [-0.3, -0.25) is 9.79 Å². The third-order valence-electron chi connectivity index (χ3n) is 6.07. The molecule has 0 N–H and O–H groups in total. The van der Waals surface area contributed by atoms with E-state index in [-0.39, 0.29) is 13.2 Å². The Hall–Kier alpha value is -3.00. The van der Waals surface area contributed by atoms with Gasteiger partial charge in [0.05, 0.1) is 29.5 Å². The number of allylic oxidation sites excluding steroid dienone is 1. The summed E-state index contributed by atoms with van der Waals surface area (Å²) >= 11 is 13.9. The largest absolute Gasteiger partial charge is 0.465 e. The lowest BCUT2D eigenvalue weighted by Gasteiger charge is -2.31. The van der Waals surface area contributed by atoms with Gasteiger partial charge in [0.25, 0.3) is 0 Å². The molecule has 192 valence electrons. The number of hydrogen-bond acceptors (Lipinski definition) is 7.